The molecule has 0 heterocycles. The van der Waals surface area contributed by atoms with E-state index in [0.29, 0.717) is 0 Å². The molecule has 0 aliphatic carbocycles. The van der Waals surface area contributed by atoms with E-state index in [-0.39, 0.29) is 5.91 Å². The third-order valence-corrected chi connectivity index (χ3v) is 2.89. The highest BCUT2D eigenvalue weighted by atomic mass is 16.1. The standard InChI is InChI=1S/C17H17NO/c1-13-6-5-9-16(12-13)18-17(19)11-10-15-8-4-3-7-14(15)2/h3-12H,1-2H3,(H,18,19)/b11-10+. The van der Waals surface area contributed by atoms with Crippen molar-refractivity contribution in [2.75, 3.05) is 5.32 Å². The predicted molar refractivity (Wildman–Crippen MR) is 80.0 cm³/mol. The van der Waals surface area contributed by atoms with Crippen LogP contribution < -0.4 is 5.32 Å². The van der Waals surface area contributed by atoms with Crippen LogP contribution in [-0.2, 0) is 4.79 Å². The molecular formula is C17H17NO. The third-order valence-electron chi connectivity index (χ3n) is 2.89. The molecule has 2 aromatic rings. The van der Waals surface area contributed by atoms with E-state index in [2.05, 4.69) is 5.32 Å². The Balaban J connectivity index is 2.04. The molecule has 0 aliphatic heterocycles. The van der Waals surface area contributed by atoms with Gasteiger partial charge in [0.25, 0.3) is 0 Å². The van der Waals surface area contributed by atoms with Crippen LogP contribution in [0.4, 0.5) is 5.69 Å². The topological polar surface area (TPSA) is 29.1 Å². The Labute approximate surface area is 113 Å². The molecule has 0 aromatic heterocycles. The largest absolute Gasteiger partial charge is 0.323 e. The van der Waals surface area contributed by atoms with Crippen LogP contribution in [0.5, 0.6) is 0 Å². The molecule has 0 fully saturated rings. The fraction of sp³-hybridized carbons (Fsp3) is 0.118. The van der Waals surface area contributed by atoms with Crippen LogP contribution >= 0.6 is 0 Å². The molecule has 0 atom stereocenters. The summed E-state index contributed by atoms with van der Waals surface area (Å²) in [5.41, 5.74) is 4.16. The van der Waals surface area contributed by atoms with Gasteiger partial charge in [0.15, 0.2) is 0 Å². The number of carbonyl (C=O) groups is 1. The molecule has 0 spiro atoms. The molecule has 2 aromatic carbocycles. The van der Waals surface area contributed by atoms with Gasteiger partial charge in [-0.1, -0.05) is 36.4 Å². The van der Waals surface area contributed by atoms with Gasteiger partial charge >= 0.3 is 0 Å². The smallest absolute Gasteiger partial charge is 0.248 e. The summed E-state index contributed by atoms with van der Waals surface area (Å²) in [4.78, 5) is 11.8. The van der Waals surface area contributed by atoms with Crippen molar-refractivity contribution in [3.05, 3.63) is 71.3 Å². The fourth-order valence-corrected chi connectivity index (χ4v) is 1.85. The van der Waals surface area contributed by atoms with Gasteiger partial charge in [-0.25, -0.2) is 0 Å². The number of anilines is 1. The van der Waals surface area contributed by atoms with Gasteiger partial charge in [0.05, 0.1) is 0 Å². The molecule has 0 aliphatic rings. The van der Waals surface area contributed by atoms with Crippen LogP contribution in [0, 0.1) is 13.8 Å². The van der Waals surface area contributed by atoms with E-state index in [0.717, 1.165) is 22.4 Å². The Bertz CT molecular complexity index is 614. The molecule has 0 unspecified atom stereocenters. The first-order valence-corrected chi connectivity index (χ1v) is 6.26. The van der Waals surface area contributed by atoms with Crippen LogP contribution in [0.15, 0.2) is 54.6 Å². The summed E-state index contributed by atoms with van der Waals surface area (Å²) in [6, 6.07) is 15.7. The number of hydrogen-bond donors (Lipinski definition) is 1. The van der Waals surface area contributed by atoms with Crippen molar-refractivity contribution in [1.29, 1.82) is 0 Å². The van der Waals surface area contributed by atoms with Crippen molar-refractivity contribution >= 4 is 17.7 Å². The molecule has 0 radical (unpaired) electrons. The monoisotopic (exact) mass is 251 g/mol. The Morgan fingerprint density at radius 2 is 1.84 bits per heavy atom. The van der Waals surface area contributed by atoms with Gasteiger partial charge in [0.2, 0.25) is 5.91 Å². The fourth-order valence-electron chi connectivity index (χ4n) is 1.85. The van der Waals surface area contributed by atoms with Crippen molar-refractivity contribution < 1.29 is 4.79 Å². The number of rotatable bonds is 3. The van der Waals surface area contributed by atoms with Gasteiger partial charge in [0.1, 0.15) is 0 Å². The SMILES string of the molecule is Cc1cccc(NC(=O)/C=C/c2ccccc2C)c1. The van der Waals surface area contributed by atoms with Crippen LogP contribution in [-0.4, -0.2) is 5.91 Å². The van der Waals surface area contributed by atoms with Crippen LogP contribution in [0.3, 0.4) is 0 Å². The Kier molecular flexibility index (Phi) is 4.14. The summed E-state index contributed by atoms with van der Waals surface area (Å²) >= 11 is 0. The lowest BCUT2D eigenvalue weighted by Crippen LogP contribution is -2.07. The zero-order valence-electron chi connectivity index (χ0n) is 11.2. The average molecular weight is 251 g/mol. The first-order valence-electron chi connectivity index (χ1n) is 6.26. The predicted octanol–water partition coefficient (Wildman–Crippen LogP) is 3.96. The van der Waals surface area contributed by atoms with Gasteiger partial charge in [-0.05, 0) is 48.7 Å². The lowest BCUT2D eigenvalue weighted by Gasteiger charge is -2.03. The number of aryl methyl sites for hydroxylation is 2. The van der Waals surface area contributed by atoms with Crippen molar-refractivity contribution in [2.24, 2.45) is 0 Å². The minimum Gasteiger partial charge on any atom is -0.323 e. The maximum Gasteiger partial charge on any atom is 0.248 e. The second-order valence-corrected chi connectivity index (χ2v) is 4.55. The summed E-state index contributed by atoms with van der Waals surface area (Å²) < 4.78 is 0. The summed E-state index contributed by atoms with van der Waals surface area (Å²) in [6.45, 7) is 4.02. The van der Waals surface area contributed by atoms with Crippen molar-refractivity contribution in [3.63, 3.8) is 0 Å². The maximum atomic E-state index is 11.8. The summed E-state index contributed by atoms with van der Waals surface area (Å²) in [5.74, 6) is -0.117. The zero-order valence-corrected chi connectivity index (χ0v) is 11.2. The molecule has 0 saturated carbocycles. The van der Waals surface area contributed by atoms with Crippen molar-refractivity contribution in [1.82, 2.24) is 0 Å². The van der Waals surface area contributed by atoms with Gasteiger partial charge in [-0.2, -0.15) is 0 Å². The van der Waals surface area contributed by atoms with E-state index in [1.54, 1.807) is 6.08 Å². The summed E-state index contributed by atoms with van der Waals surface area (Å²) in [7, 11) is 0. The molecule has 2 rings (SSSR count). The van der Waals surface area contributed by atoms with Crippen molar-refractivity contribution in [2.45, 2.75) is 13.8 Å². The average Bonchev–Trinajstić information content (AvgIpc) is 2.38. The lowest BCUT2D eigenvalue weighted by atomic mass is 10.1. The highest BCUT2D eigenvalue weighted by molar-refractivity contribution is 6.02. The van der Waals surface area contributed by atoms with Gasteiger partial charge in [-0.15, -0.1) is 0 Å². The number of benzene rings is 2. The van der Waals surface area contributed by atoms with Gasteiger partial charge in [-0.3, -0.25) is 4.79 Å². The minimum absolute atomic E-state index is 0.117. The van der Waals surface area contributed by atoms with Gasteiger partial charge < -0.3 is 5.32 Å². The number of nitrogens with one attached hydrogen (secondary N) is 1. The Hall–Kier alpha value is -2.35. The molecular weight excluding hydrogens is 234 g/mol. The molecule has 1 amide bonds. The Morgan fingerprint density at radius 1 is 1.05 bits per heavy atom. The van der Waals surface area contributed by atoms with E-state index in [9.17, 15) is 4.79 Å². The highest BCUT2D eigenvalue weighted by Gasteiger charge is 1.98. The summed E-state index contributed by atoms with van der Waals surface area (Å²) in [5, 5.41) is 2.85. The van der Waals surface area contributed by atoms with Gasteiger partial charge in [0, 0.05) is 11.8 Å². The Morgan fingerprint density at radius 3 is 2.58 bits per heavy atom. The lowest BCUT2D eigenvalue weighted by molar-refractivity contribution is -0.111. The van der Waals surface area contributed by atoms with Crippen LogP contribution in [0.1, 0.15) is 16.7 Å². The molecule has 0 bridgehead atoms. The quantitative estimate of drug-likeness (QED) is 0.822. The van der Waals surface area contributed by atoms with Crippen LogP contribution in [0.25, 0.3) is 6.08 Å². The van der Waals surface area contributed by atoms with E-state index >= 15 is 0 Å². The molecule has 2 nitrogen and oxygen atoms in total. The number of carbonyl (C=O) groups excluding carboxylic acids is 1. The maximum absolute atomic E-state index is 11.8. The number of hydrogen-bond acceptors (Lipinski definition) is 1. The second kappa shape index (κ2) is 6.01. The molecule has 19 heavy (non-hydrogen) atoms. The second-order valence-electron chi connectivity index (χ2n) is 4.55. The van der Waals surface area contributed by atoms with E-state index < -0.39 is 0 Å². The van der Waals surface area contributed by atoms with Crippen LogP contribution in [0.2, 0.25) is 0 Å². The third kappa shape index (κ3) is 3.81. The number of amides is 1. The molecule has 1 N–H and O–H groups in total. The first-order chi connectivity index (χ1) is 9.15. The van der Waals surface area contributed by atoms with E-state index in [1.165, 1.54) is 0 Å². The zero-order chi connectivity index (χ0) is 13.7. The first kappa shape index (κ1) is 13.1. The summed E-state index contributed by atoms with van der Waals surface area (Å²) in [6.07, 6.45) is 3.39. The van der Waals surface area contributed by atoms with E-state index in [4.69, 9.17) is 0 Å². The molecule has 0 saturated heterocycles. The van der Waals surface area contributed by atoms with Crippen molar-refractivity contribution in [3.8, 4) is 0 Å². The molecule has 96 valence electrons. The van der Waals surface area contributed by atoms with E-state index in [1.807, 2.05) is 68.5 Å². The highest BCUT2D eigenvalue weighted by Crippen LogP contribution is 2.11. The normalized spacial score (nSPS) is 10.6. The minimum atomic E-state index is -0.117. The molecule has 2 heteroatoms.